The van der Waals surface area contributed by atoms with Gasteiger partial charge >= 0.3 is 0 Å². The van der Waals surface area contributed by atoms with E-state index < -0.39 is 6.04 Å². The average Bonchev–Trinajstić information content (AvgIpc) is 3.40. The molecule has 10 heteroatoms. The van der Waals surface area contributed by atoms with Crippen molar-refractivity contribution in [3.05, 3.63) is 83.6 Å². The zero-order valence-corrected chi connectivity index (χ0v) is 23.0. The van der Waals surface area contributed by atoms with E-state index in [9.17, 15) is 4.79 Å². The Morgan fingerprint density at radius 1 is 0.950 bits per heavy atom. The molecule has 1 amide bonds. The number of ether oxygens (including phenoxy) is 4. The van der Waals surface area contributed by atoms with Crippen LogP contribution in [0.3, 0.4) is 0 Å². The smallest absolute Gasteiger partial charge is 0.255 e. The van der Waals surface area contributed by atoms with E-state index in [1.165, 1.54) is 0 Å². The number of nitrogens with one attached hydrogen (secondary N) is 2. The molecule has 0 aliphatic carbocycles. The van der Waals surface area contributed by atoms with E-state index in [0.29, 0.717) is 63.9 Å². The summed E-state index contributed by atoms with van der Waals surface area (Å²) in [6.07, 6.45) is 0. The van der Waals surface area contributed by atoms with Gasteiger partial charge in [-0.2, -0.15) is 4.98 Å². The Morgan fingerprint density at radius 3 is 2.33 bits per heavy atom. The fraction of sp³-hybridized carbons (Fsp3) is 0.233. The van der Waals surface area contributed by atoms with Crippen LogP contribution in [0.2, 0.25) is 0 Å². The van der Waals surface area contributed by atoms with E-state index in [1.54, 1.807) is 32.1 Å². The molecule has 0 bridgehead atoms. The number of hydrogen-bond donors (Lipinski definition) is 2. The summed E-state index contributed by atoms with van der Waals surface area (Å²) in [4.78, 5) is 18.6. The minimum atomic E-state index is -0.613. The van der Waals surface area contributed by atoms with Crippen molar-refractivity contribution in [2.45, 2.75) is 19.9 Å². The standard InChI is InChI=1S/C30H31N5O5/c1-6-40-24-13-12-19(16-25(24)39-5)27-26(29(36)32-21-10-8-7-9-11-21)18(2)31-30-33-28(34-35(27)30)20-14-22(37-3)17-23(15-20)38-4/h7-17,27H,6H2,1-5H3,(H,32,36)(H,31,33,34). The van der Waals surface area contributed by atoms with Crippen LogP contribution in [0.25, 0.3) is 11.4 Å². The van der Waals surface area contributed by atoms with E-state index in [0.717, 1.165) is 5.56 Å². The lowest BCUT2D eigenvalue weighted by Crippen LogP contribution is -2.31. The number of aromatic nitrogens is 3. The summed E-state index contributed by atoms with van der Waals surface area (Å²) in [7, 11) is 4.77. The van der Waals surface area contributed by atoms with Crippen molar-refractivity contribution >= 4 is 17.5 Å². The van der Waals surface area contributed by atoms with Gasteiger partial charge in [-0.3, -0.25) is 4.79 Å². The number of nitrogens with zero attached hydrogens (tertiary/aromatic N) is 3. The number of para-hydroxylation sites is 1. The Labute approximate surface area is 232 Å². The summed E-state index contributed by atoms with van der Waals surface area (Å²) < 4.78 is 24.0. The highest BCUT2D eigenvalue weighted by Gasteiger charge is 2.35. The molecule has 1 aromatic heterocycles. The molecule has 5 rings (SSSR count). The third kappa shape index (κ3) is 5.15. The lowest BCUT2D eigenvalue weighted by molar-refractivity contribution is -0.113. The molecule has 1 atom stereocenters. The number of methoxy groups -OCH3 is 3. The summed E-state index contributed by atoms with van der Waals surface area (Å²) in [6.45, 7) is 4.26. The van der Waals surface area contributed by atoms with Crippen LogP contribution in [0.5, 0.6) is 23.0 Å². The molecule has 0 radical (unpaired) electrons. The number of hydrogen-bond acceptors (Lipinski definition) is 8. The molecule has 206 valence electrons. The predicted octanol–water partition coefficient (Wildman–Crippen LogP) is 5.30. The second-order valence-electron chi connectivity index (χ2n) is 9.03. The molecule has 0 fully saturated rings. The van der Waals surface area contributed by atoms with Crippen LogP contribution in [-0.2, 0) is 4.79 Å². The van der Waals surface area contributed by atoms with Crippen LogP contribution in [-0.4, -0.2) is 48.6 Å². The first-order valence-corrected chi connectivity index (χ1v) is 12.8. The van der Waals surface area contributed by atoms with E-state index in [4.69, 9.17) is 29.0 Å². The van der Waals surface area contributed by atoms with Gasteiger partial charge in [-0.15, -0.1) is 5.10 Å². The van der Waals surface area contributed by atoms with E-state index in [2.05, 4.69) is 10.6 Å². The van der Waals surface area contributed by atoms with Crippen LogP contribution in [0.1, 0.15) is 25.5 Å². The Morgan fingerprint density at radius 2 is 1.68 bits per heavy atom. The monoisotopic (exact) mass is 541 g/mol. The fourth-order valence-corrected chi connectivity index (χ4v) is 4.66. The highest BCUT2D eigenvalue weighted by Crippen LogP contribution is 2.40. The first-order valence-electron chi connectivity index (χ1n) is 12.8. The fourth-order valence-electron chi connectivity index (χ4n) is 4.66. The number of rotatable bonds is 9. The molecule has 1 aliphatic rings. The van der Waals surface area contributed by atoms with E-state index >= 15 is 0 Å². The zero-order valence-electron chi connectivity index (χ0n) is 23.0. The Balaban J connectivity index is 1.64. The van der Waals surface area contributed by atoms with E-state index in [1.807, 2.05) is 74.5 Å². The summed E-state index contributed by atoms with van der Waals surface area (Å²) in [5, 5.41) is 11.2. The van der Waals surface area contributed by atoms with Gasteiger partial charge in [-0.25, -0.2) is 4.68 Å². The molecule has 1 unspecified atom stereocenters. The molecule has 2 N–H and O–H groups in total. The third-order valence-corrected chi connectivity index (χ3v) is 6.54. The van der Waals surface area contributed by atoms with Gasteiger partial charge in [0.05, 0.1) is 33.5 Å². The molecular formula is C30H31N5O5. The molecule has 4 aromatic rings. The lowest BCUT2D eigenvalue weighted by atomic mass is 9.94. The van der Waals surface area contributed by atoms with Crippen molar-refractivity contribution < 1.29 is 23.7 Å². The highest BCUT2D eigenvalue weighted by atomic mass is 16.5. The maximum absolute atomic E-state index is 13.8. The van der Waals surface area contributed by atoms with Crippen LogP contribution < -0.4 is 29.6 Å². The first kappa shape index (κ1) is 26.6. The second kappa shape index (κ2) is 11.4. The predicted molar refractivity (Wildman–Crippen MR) is 152 cm³/mol. The normalized spacial score (nSPS) is 14.2. The third-order valence-electron chi connectivity index (χ3n) is 6.54. The van der Waals surface area contributed by atoms with Crippen molar-refractivity contribution in [1.29, 1.82) is 0 Å². The topological polar surface area (TPSA) is 109 Å². The minimum absolute atomic E-state index is 0.264. The molecule has 2 heterocycles. The summed E-state index contributed by atoms with van der Waals surface area (Å²) >= 11 is 0. The largest absolute Gasteiger partial charge is 0.497 e. The highest BCUT2D eigenvalue weighted by molar-refractivity contribution is 6.06. The van der Waals surface area contributed by atoms with Crippen molar-refractivity contribution in [3.63, 3.8) is 0 Å². The minimum Gasteiger partial charge on any atom is -0.497 e. The van der Waals surface area contributed by atoms with Gasteiger partial charge in [0, 0.05) is 23.0 Å². The maximum atomic E-state index is 13.8. The molecule has 40 heavy (non-hydrogen) atoms. The van der Waals surface area contributed by atoms with E-state index in [-0.39, 0.29) is 5.91 Å². The van der Waals surface area contributed by atoms with Gasteiger partial charge < -0.3 is 29.6 Å². The van der Waals surface area contributed by atoms with Gasteiger partial charge in [0.1, 0.15) is 17.5 Å². The number of carbonyl (C=O) groups is 1. The lowest BCUT2D eigenvalue weighted by Gasteiger charge is -2.29. The Hall–Kier alpha value is -4.99. The summed E-state index contributed by atoms with van der Waals surface area (Å²) in [6, 6.07) is 19.8. The number of benzene rings is 3. The Kier molecular flexibility index (Phi) is 7.59. The number of anilines is 2. The van der Waals surface area contributed by atoms with Crippen LogP contribution in [0, 0.1) is 0 Å². The summed E-state index contributed by atoms with van der Waals surface area (Å²) in [5.41, 5.74) is 3.31. The quantitative estimate of drug-likeness (QED) is 0.294. The molecule has 3 aromatic carbocycles. The summed E-state index contributed by atoms with van der Waals surface area (Å²) in [5.74, 6) is 3.06. The molecule has 1 aliphatic heterocycles. The number of fused-ring (bicyclic) bond motifs is 1. The van der Waals surface area contributed by atoms with Crippen molar-refractivity contribution in [1.82, 2.24) is 14.8 Å². The zero-order chi connectivity index (χ0) is 28.2. The Bertz CT molecular complexity index is 1540. The molecule has 10 nitrogen and oxygen atoms in total. The molecule has 0 saturated heterocycles. The van der Waals surface area contributed by atoms with Gasteiger partial charge in [0.25, 0.3) is 5.91 Å². The molecular weight excluding hydrogens is 510 g/mol. The number of allylic oxidation sites excluding steroid dienone is 1. The van der Waals surface area contributed by atoms with Crippen molar-refractivity contribution in [2.24, 2.45) is 0 Å². The van der Waals surface area contributed by atoms with Crippen molar-refractivity contribution in [3.8, 4) is 34.4 Å². The van der Waals surface area contributed by atoms with Gasteiger partial charge in [-0.05, 0) is 55.8 Å². The molecule has 0 spiro atoms. The number of carbonyl (C=O) groups excluding carboxylic acids is 1. The number of amides is 1. The van der Waals surface area contributed by atoms with Crippen molar-refractivity contribution in [2.75, 3.05) is 38.6 Å². The molecule has 0 saturated carbocycles. The second-order valence-corrected chi connectivity index (χ2v) is 9.03. The maximum Gasteiger partial charge on any atom is 0.255 e. The van der Waals surface area contributed by atoms with Gasteiger partial charge in [-0.1, -0.05) is 24.3 Å². The van der Waals surface area contributed by atoms with Crippen LogP contribution in [0.15, 0.2) is 78.0 Å². The average molecular weight is 542 g/mol. The van der Waals surface area contributed by atoms with Crippen LogP contribution in [0.4, 0.5) is 11.6 Å². The SMILES string of the molecule is CCOc1ccc(C2C(C(=O)Nc3ccccc3)=C(C)Nc3nc(-c4cc(OC)cc(OC)c4)nn32)cc1OC. The first-order chi connectivity index (χ1) is 19.4. The van der Waals surface area contributed by atoms with Gasteiger partial charge in [0.2, 0.25) is 5.95 Å². The van der Waals surface area contributed by atoms with Crippen LogP contribution >= 0.6 is 0 Å². The van der Waals surface area contributed by atoms with Gasteiger partial charge in [0.15, 0.2) is 17.3 Å².